The number of rotatable bonds is 1. The van der Waals surface area contributed by atoms with E-state index in [1.807, 2.05) is 46.8 Å². The summed E-state index contributed by atoms with van der Waals surface area (Å²) in [5.74, 6) is 0.602. The fourth-order valence-corrected chi connectivity index (χ4v) is 1.98. The summed E-state index contributed by atoms with van der Waals surface area (Å²) in [5.41, 5.74) is 2.99. The van der Waals surface area contributed by atoms with E-state index in [2.05, 4.69) is 4.98 Å². The Morgan fingerprint density at radius 1 is 1.30 bits per heavy atom. The maximum absolute atomic E-state index is 11.8. The van der Waals surface area contributed by atoms with Crippen molar-refractivity contribution in [2.24, 2.45) is 0 Å². The molecule has 2 aliphatic rings. The molecule has 108 valence electrons. The van der Waals surface area contributed by atoms with Gasteiger partial charge in [0.25, 0.3) is 0 Å². The number of aryl methyl sites for hydroxylation is 1. The van der Waals surface area contributed by atoms with E-state index >= 15 is 0 Å². The molecule has 1 aliphatic heterocycles. The molecule has 0 aromatic rings. The van der Waals surface area contributed by atoms with E-state index in [4.69, 9.17) is 4.42 Å². The quantitative estimate of drug-likeness (QED) is 0.802. The van der Waals surface area contributed by atoms with E-state index in [-0.39, 0.29) is 5.43 Å². The first kappa shape index (κ1) is 16.2. The molecule has 0 saturated heterocycles. The Morgan fingerprint density at radius 3 is 2.50 bits per heavy atom. The van der Waals surface area contributed by atoms with E-state index < -0.39 is 0 Å². The Hall–Kier alpha value is -1.90. The Kier molecular flexibility index (Phi) is 5.68. The number of benzene rings is 1. The van der Waals surface area contributed by atoms with Gasteiger partial charge in [0.05, 0.1) is 0 Å². The Morgan fingerprint density at radius 2 is 1.95 bits per heavy atom. The van der Waals surface area contributed by atoms with Crippen molar-refractivity contribution in [2.45, 2.75) is 48.0 Å². The summed E-state index contributed by atoms with van der Waals surface area (Å²) < 4.78 is 5.87. The van der Waals surface area contributed by atoms with Crippen LogP contribution in [0.5, 0.6) is 0 Å². The van der Waals surface area contributed by atoms with Crippen molar-refractivity contribution >= 4 is 12.2 Å². The molecule has 0 radical (unpaired) electrons. The summed E-state index contributed by atoms with van der Waals surface area (Å²) in [6.45, 7) is 11.6. The molecule has 0 N–H and O–H groups in total. The van der Waals surface area contributed by atoms with Crippen LogP contribution >= 0.6 is 0 Å². The predicted molar refractivity (Wildman–Crippen MR) is 84.4 cm³/mol. The first-order valence-corrected chi connectivity index (χ1v) is 7.16. The molecule has 0 bridgehead atoms. The van der Waals surface area contributed by atoms with Crippen molar-refractivity contribution in [3.63, 3.8) is 0 Å². The fraction of sp³-hybridized carbons (Fsp3) is 0.412. The lowest BCUT2D eigenvalue weighted by molar-refractivity contribution is 0.508. The van der Waals surface area contributed by atoms with Crippen LogP contribution in [0.3, 0.4) is 0 Å². The molecule has 0 fully saturated rings. The zero-order valence-corrected chi connectivity index (χ0v) is 13.2. The van der Waals surface area contributed by atoms with Crippen LogP contribution in [-0.2, 0) is 0 Å². The molecule has 0 spiro atoms. The van der Waals surface area contributed by atoms with Crippen LogP contribution in [0.15, 0.2) is 15.3 Å². The lowest BCUT2D eigenvalue weighted by Crippen LogP contribution is -2.30. The third-order valence-corrected chi connectivity index (χ3v) is 3.01. The van der Waals surface area contributed by atoms with E-state index in [9.17, 15) is 4.79 Å². The monoisotopic (exact) mass is 273 g/mol. The maximum atomic E-state index is 11.8. The zero-order chi connectivity index (χ0) is 15.3. The van der Waals surface area contributed by atoms with E-state index in [0.29, 0.717) is 11.3 Å². The van der Waals surface area contributed by atoms with Crippen LogP contribution in [0, 0.1) is 13.8 Å². The summed E-state index contributed by atoms with van der Waals surface area (Å²) in [6.07, 6.45) is 4.77. The SMILES string of the molecule is C/C=c1/nc2c(C)cc(=O)c(C)c-2o/c1=C/CC.CC. The molecule has 20 heavy (non-hydrogen) atoms. The van der Waals surface area contributed by atoms with Gasteiger partial charge in [-0.05, 0) is 44.9 Å². The van der Waals surface area contributed by atoms with Crippen LogP contribution in [-0.4, -0.2) is 4.98 Å². The lowest BCUT2D eigenvalue weighted by Gasteiger charge is -2.09. The van der Waals surface area contributed by atoms with Crippen LogP contribution in [0.1, 0.15) is 45.2 Å². The Labute approximate surface area is 120 Å². The predicted octanol–water partition coefficient (Wildman–Crippen LogP) is 2.77. The molecule has 1 aliphatic carbocycles. The second-order valence-electron chi connectivity index (χ2n) is 4.36. The van der Waals surface area contributed by atoms with Gasteiger partial charge in [0.2, 0.25) is 0 Å². The van der Waals surface area contributed by atoms with Crippen molar-refractivity contribution in [1.29, 1.82) is 0 Å². The summed E-state index contributed by atoms with van der Waals surface area (Å²) in [5, 5.41) is 0.825. The van der Waals surface area contributed by atoms with Crippen LogP contribution < -0.4 is 16.2 Å². The van der Waals surface area contributed by atoms with Crippen molar-refractivity contribution in [2.75, 3.05) is 0 Å². The second kappa shape index (κ2) is 7.04. The highest BCUT2D eigenvalue weighted by atomic mass is 16.3. The van der Waals surface area contributed by atoms with Crippen LogP contribution in [0.2, 0.25) is 0 Å². The molecule has 0 aromatic heterocycles. The number of hydrogen-bond acceptors (Lipinski definition) is 3. The third-order valence-electron chi connectivity index (χ3n) is 3.01. The van der Waals surface area contributed by atoms with E-state index in [0.717, 1.165) is 28.4 Å². The minimum atomic E-state index is 0.00114. The fourth-order valence-electron chi connectivity index (χ4n) is 1.98. The molecule has 0 aromatic carbocycles. The molecule has 1 heterocycles. The first-order chi connectivity index (χ1) is 9.58. The molecule has 3 nitrogen and oxygen atoms in total. The minimum absolute atomic E-state index is 0.00114. The number of fused-ring (bicyclic) bond motifs is 1. The Balaban J connectivity index is 0.000000956. The van der Waals surface area contributed by atoms with Crippen molar-refractivity contribution in [3.05, 3.63) is 38.2 Å². The van der Waals surface area contributed by atoms with Crippen molar-refractivity contribution < 1.29 is 4.42 Å². The molecule has 0 unspecified atom stereocenters. The van der Waals surface area contributed by atoms with Gasteiger partial charge in [-0.2, -0.15) is 0 Å². The average molecular weight is 273 g/mol. The molecule has 2 rings (SSSR count). The van der Waals surface area contributed by atoms with Gasteiger partial charge in [-0.1, -0.05) is 26.8 Å². The molecular formula is C17H23NO2. The summed E-state index contributed by atoms with van der Waals surface area (Å²) in [7, 11) is 0. The first-order valence-electron chi connectivity index (χ1n) is 7.16. The van der Waals surface area contributed by atoms with E-state index in [1.54, 1.807) is 13.0 Å². The molecule has 0 atom stereocenters. The van der Waals surface area contributed by atoms with Gasteiger partial charge < -0.3 is 4.42 Å². The van der Waals surface area contributed by atoms with Crippen LogP contribution in [0.4, 0.5) is 0 Å². The zero-order valence-electron chi connectivity index (χ0n) is 13.2. The van der Waals surface area contributed by atoms with Gasteiger partial charge >= 0.3 is 0 Å². The smallest absolute Gasteiger partial charge is 0.185 e. The molecule has 0 saturated carbocycles. The molecular weight excluding hydrogens is 250 g/mol. The van der Waals surface area contributed by atoms with Gasteiger partial charge in [-0.15, -0.1) is 0 Å². The van der Waals surface area contributed by atoms with E-state index in [1.165, 1.54) is 0 Å². The molecule has 3 heteroatoms. The normalized spacial score (nSPS) is 12.5. The average Bonchev–Trinajstić information content (AvgIpc) is 2.47. The second-order valence-corrected chi connectivity index (χ2v) is 4.36. The van der Waals surface area contributed by atoms with Gasteiger partial charge in [-0.3, -0.25) is 4.79 Å². The van der Waals surface area contributed by atoms with Gasteiger partial charge in [0.1, 0.15) is 16.5 Å². The minimum Gasteiger partial charge on any atom is -0.453 e. The lowest BCUT2D eigenvalue weighted by atomic mass is 10.1. The summed E-state index contributed by atoms with van der Waals surface area (Å²) >= 11 is 0. The molecule has 0 amide bonds. The standard InChI is InChI=1S/C15H17NO2.C2H6/c1-5-7-13-11(6-2)16-14-9(3)8-12(17)10(4)15(14)18-13;1-2/h6-8H,5H2,1-4H3;1-2H3/b11-6+,13-7+;. The largest absolute Gasteiger partial charge is 0.453 e. The summed E-state index contributed by atoms with van der Waals surface area (Å²) in [6, 6.07) is 1.61. The summed E-state index contributed by atoms with van der Waals surface area (Å²) in [4.78, 5) is 16.4. The van der Waals surface area contributed by atoms with Crippen molar-refractivity contribution in [1.82, 2.24) is 4.98 Å². The third kappa shape index (κ3) is 2.98. The topological polar surface area (TPSA) is 43.1 Å². The highest BCUT2D eigenvalue weighted by molar-refractivity contribution is 5.62. The van der Waals surface area contributed by atoms with Gasteiger partial charge in [0.15, 0.2) is 11.2 Å². The highest BCUT2D eigenvalue weighted by Crippen LogP contribution is 2.21. The number of aromatic nitrogens is 1. The highest BCUT2D eigenvalue weighted by Gasteiger charge is 2.15. The Bertz CT molecular complexity index is 726. The van der Waals surface area contributed by atoms with Gasteiger partial charge in [-0.25, -0.2) is 4.98 Å². The number of hydrogen-bond donors (Lipinski definition) is 0. The number of nitrogens with zero attached hydrogens (tertiary/aromatic N) is 1. The van der Waals surface area contributed by atoms with Crippen molar-refractivity contribution in [3.8, 4) is 11.5 Å². The van der Waals surface area contributed by atoms with Crippen LogP contribution in [0.25, 0.3) is 23.6 Å². The van der Waals surface area contributed by atoms with Gasteiger partial charge in [0, 0.05) is 5.56 Å². The maximum Gasteiger partial charge on any atom is 0.185 e.